The van der Waals surface area contributed by atoms with Crippen LogP contribution in [0.4, 0.5) is 4.39 Å². The molecule has 84 valence electrons. The van der Waals surface area contributed by atoms with Gasteiger partial charge in [-0.2, -0.15) is 0 Å². The lowest BCUT2D eigenvalue weighted by molar-refractivity contribution is 0.626. The van der Waals surface area contributed by atoms with E-state index >= 15 is 0 Å². The van der Waals surface area contributed by atoms with Crippen LogP contribution in [-0.2, 0) is 0 Å². The number of nitrogens with zero attached hydrogens (tertiary/aromatic N) is 3. The topological polar surface area (TPSA) is 42.7 Å². The van der Waals surface area contributed by atoms with Gasteiger partial charge in [0.2, 0.25) is 0 Å². The molecule has 0 aliphatic rings. The molecule has 2 rings (SSSR count). The van der Waals surface area contributed by atoms with Crippen LogP contribution in [0.2, 0.25) is 0 Å². The highest BCUT2D eigenvalue weighted by Crippen LogP contribution is 2.11. The van der Waals surface area contributed by atoms with E-state index in [4.69, 9.17) is 0 Å². The second kappa shape index (κ2) is 4.40. The van der Waals surface area contributed by atoms with Crippen LogP contribution in [0.3, 0.4) is 0 Å². The fourth-order valence-electron chi connectivity index (χ4n) is 1.34. The molecule has 0 aliphatic heterocycles. The van der Waals surface area contributed by atoms with Crippen LogP contribution in [-0.4, -0.2) is 22.0 Å². The highest BCUT2D eigenvalue weighted by molar-refractivity contribution is 5.30. The Labute approximate surface area is 93.1 Å². The molecule has 0 amide bonds. The maximum absolute atomic E-state index is 12.7. The number of aromatic nitrogens is 3. The molecule has 1 atom stereocenters. The Bertz CT molecular complexity index is 463. The molecule has 4 nitrogen and oxygen atoms in total. The van der Waals surface area contributed by atoms with Crippen molar-refractivity contribution in [3.8, 4) is 5.69 Å². The van der Waals surface area contributed by atoms with E-state index in [1.807, 2.05) is 20.2 Å². The van der Waals surface area contributed by atoms with Gasteiger partial charge in [0, 0.05) is 6.04 Å². The summed E-state index contributed by atoms with van der Waals surface area (Å²) in [6, 6.07) is 6.28. The summed E-state index contributed by atoms with van der Waals surface area (Å²) in [4.78, 5) is 0. The Hall–Kier alpha value is -1.75. The molecule has 1 N–H and O–H groups in total. The zero-order valence-electron chi connectivity index (χ0n) is 9.18. The second-order valence-electron chi connectivity index (χ2n) is 3.57. The van der Waals surface area contributed by atoms with Gasteiger partial charge in [0.05, 0.1) is 17.6 Å². The summed E-state index contributed by atoms with van der Waals surface area (Å²) in [6.45, 7) is 2.00. The smallest absolute Gasteiger partial charge is 0.123 e. The molecule has 0 bridgehead atoms. The Morgan fingerprint density at radius 1 is 1.31 bits per heavy atom. The Balaban J connectivity index is 2.28. The SMILES string of the molecule is CNC(C)c1cn(-c2ccc(F)cc2)nn1. The Kier molecular flexibility index (Phi) is 2.96. The molecule has 0 radical (unpaired) electrons. The number of hydrogen-bond acceptors (Lipinski definition) is 3. The second-order valence-corrected chi connectivity index (χ2v) is 3.57. The van der Waals surface area contributed by atoms with Gasteiger partial charge in [-0.05, 0) is 38.2 Å². The number of halogens is 1. The number of nitrogens with one attached hydrogen (secondary N) is 1. The van der Waals surface area contributed by atoms with Crippen molar-refractivity contribution in [2.75, 3.05) is 7.05 Å². The van der Waals surface area contributed by atoms with Crippen molar-refractivity contribution in [1.82, 2.24) is 20.3 Å². The fraction of sp³-hybridized carbons (Fsp3) is 0.273. The van der Waals surface area contributed by atoms with E-state index in [2.05, 4.69) is 15.6 Å². The van der Waals surface area contributed by atoms with Crippen LogP contribution in [0.25, 0.3) is 5.69 Å². The molecular formula is C11H13FN4. The lowest BCUT2D eigenvalue weighted by Crippen LogP contribution is -2.12. The largest absolute Gasteiger partial charge is 0.312 e. The van der Waals surface area contributed by atoms with Gasteiger partial charge in [0.1, 0.15) is 5.82 Å². The van der Waals surface area contributed by atoms with Gasteiger partial charge >= 0.3 is 0 Å². The van der Waals surface area contributed by atoms with Crippen LogP contribution in [0, 0.1) is 5.82 Å². The highest BCUT2D eigenvalue weighted by Gasteiger charge is 2.08. The van der Waals surface area contributed by atoms with Crippen molar-refractivity contribution in [2.24, 2.45) is 0 Å². The molecule has 0 saturated carbocycles. The first kappa shape index (κ1) is 10.8. The third-order valence-corrected chi connectivity index (χ3v) is 2.48. The van der Waals surface area contributed by atoms with Gasteiger partial charge < -0.3 is 5.32 Å². The van der Waals surface area contributed by atoms with Gasteiger partial charge in [-0.1, -0.05) is 5.21 Å². The molecule has 0 aliphatic carbocycles. The standard InChI is InChI=1S/C11H13FN4/c1-8(13-2)11-7-16(15-14-11)10-5-3-9(12)4-6-10/h3-8,13H,1-2H3. The minimum Gasteiger partial charge on any atom is -0.312 e. The third-order valence-electron chi connectivity index (χ3n) is 2.48. The lowest BCUT2D eigenvalue weighted by Gasteiger charge is -2.03. The van der Waals surface area contributed by atoms with E-state index in [9.17, 15) is 4.39 Å². The van der Waals surface area contributed by atoms with E-state index < -0.39 is 0 Å². The summed E-state index contributed by atoms with van der Waals surface area (Å²) < 4.78 is 14.4. The Morgan fingerprint density at radius 2 is 2.00 bits per heavy atom. The maximum Gasteiger partial charge on any atom is 0.123 e. The van der Waals surface area contributed by atoms with Crippen LogP contribution in [0.5, 0.6) is 0 Å². The van der Waals surface area contributed by atoms with Crippen molar-refractivity contribution < 1.29 is 4.39 Å². The van der Waals surface area contributed by atoms with Crippen LogP contribution in [0.15, 0.2) is 30.5 Å². The fourth-order valence-corrected chi connectivity index (χ4v) is 1.34. The average Bonchev–Trinajstić information content (AvgIpc) is 2.78. The number of benzene rings is 1. The first-order chi connectivity index (χ1) is 7.70. The molecule has 5 heteroatoms. The molecule has 1 aromatic heterocycles. The minimum atomic E-state index is -0.257. The third kappa shape index (κ3) is 2.09. The molecule has 16 heavy (non-hydrogen) atoms. The zero-order chi connectivity index (χ0) is 11.5. The zero-order valence-corrected chi connectivity index (χ0v) is 9.18. The monoisotopic (exact) mass is 220 g/mol. The number of hydrogen-bond donors (Lipinski definition) is 1. The van der Waals surface area contributed by atoms with E-state index in [0.717, 1.165) is 11.4 Å². The molecule has 0 saturated heterocycles. The summed E-state index contributed by atoms with van der Waals surface area (Å²) in [6.07, 6.45) is 1.83. The van der Waals surface area contributed by atoms with Crippen molar-refractivity contribution in [3.05, 3.63) is 42.0 Å². The predicted octanol–water partition coefficient (Wildman–Crippen LogP) is 1.69. The average molecular weight is 220 g/mol. The van der Waals surface area contributed by atoms with Gasteiger partial charge in [-0.25, -0.2) is 9.07 Å². The molecule has 1 heterocycles. The van der Waals surface area contributed by atoms with Gasteiger partial charge in [-0.3, -0.25) is 0 Å². The first-order valence-electron chi connectivity index (χ1n) is 5.06. The van der Waals surface area contributed by atoms with E-state index in [0.29, 0.717) is 0 Å². The quantitative estimate of drug-likeness (QED) is 0.855. The summed E-state index contributed by atoms with van der Waals surface area (Å²) in [5.41, 5.74) is 1.65. The summed E-state index contributed by atoms with van der Waals surface area (Å²) in [5, 5.41) is 11.1. The van der Waals surface area contributed by atoms with Gasteiger partial charge in [-0.15, -0.1) is 5.10 Å². The molecule has 1 unspecified atom stereocenters. The van der Waals surface area contributed by atoms with Crippen LogP contribution < -0.4 is 5.32 Å². The normalized spacial score (nSPS) is 12.7. The van der Waals surface area contributed by atoms with Crippen LogP contribution in [0.1, 0.15) is 18.7 Å². The van der Waals surface area contributed by atoms with Crippen molar-refractivity contribution in [2.45, 2.75) is 13.0 Å². The molecule has 1 aromatic carbocycles. The van der Waals surface area contributed by atoms with Gasteiger partial charge in [0.25, 0.3) is 0 Å². The van der Waals surface area contributed by atoms with Gasteiger partial charge in [0.15, 0.2) is 0 Å². The van der Waals surface area contributed by atoms with Crippen molar-refractivity contribution in [3.63, 3.8) is 0 Å². The predicted molar refractivity (Wildman–Crippen MR) is 58.8 cm³/mol. The molecule has 0 spiro atoms. The van der Waals surface area contributed by atoms with Crippen LogP contribution >= 0.6 is 0 Å². The Morgan fingerprint density at radius 3 is 2.62 bits per heavy atom. The molecular weight excluding hydrogens is 207 g/mol. The summed E-state index contributed by atoms with van der Waals surface area (Å²) in [7, 11) is 1.86. The maximum atomic E-state index is 12.7. The summed E-state index contributed by atoms with van der Waals surface area (Å²) in [5.74, 6) is -0.257. The summed E-state index contributed by atoms with van der Waals surface area (Å²) >= 11 is 0. The molecule has 0 fully saturated rings. The van der Waals surface area contributed by atoms with Crippen molar-refractivity contribution >= 4 is 0 Å². The van der Waals surface area contributed by atoms with E-state index in [1.54, 1.807) is 16.8 Å². The molecule has 2 aromatic rings. The number of rotatable bonds is 3. The lowest BCUT2D eigenvalue weighted by atomic mass is 10.2. The van der Waals surface area contributed by atoms with E-state index in [1.165, 1.54) is 12.1 Å². The van der Waals surface area contributed by atoms with E-state index in [-0.39, 0.29) is 11.9 Å². The minimum absolute atomic E-state index is 0.147. The first-order valence-corrected chi connectivity index (χ1v) is 5.06. The highest BCUT2D eigenvalue weighted by atomic mass is 19.1. The van der Waals surface area contributed by atoms with Crippen molar-refractivity contribution in [1.29, 1.82) is 0 Å².